The Bertz CT molecular complexity index is 2080. The first-order chi connectivity index (χ1) is 37.9. The maximum Gasteiger partial charge on any atom is 0.308 e. The second-order valence-corrected chi connectivity index (χ2v) is 22.2. The van der Waals surface area contributed by atoms with Gasteiger partial charge in [-0.05, 0) is 54.3 Å². The second-order valence-electron chi connectivity index (χ2n) is 22.2. The lowest BCUT2D eigenvalue weighted by molar-refractivity contribution is -0.308. The number of hydrogen-bond acceptors (Lipinski definition) is 20. The molecule has 0 aromatic heterocycles. The number of nitrogens with zero attached hydrogens (tertiary/aromatic N) is 3. The highest BCUT2D eigenvalue weighted by atomic mass is 16.7. The Morgan fingerprint density at radius 2 is 1.30 bits per heavy atom. The average molecular weight is 1130 g/mol. The maximum atomic E-state index is 14.7. The molecule has 0 unspecified atom stereocenters. The number of ether oxygens (including phenoxy) is 4. The van der Waals surface area contributed by atoms with Crippen LogP contribution in [0.4, 0.5) is 0 Å². The Morgan fingerprint density at radius 1 is 0.700 bits per heavy atom. The number of cyclic esters (lactones) is 1. The number of fused-ring (bicyclic) bond motifs is 2. The number of aliphatic hydroxyl groups is 10. The Morgan fingerprint density at radius 3 is 1.90 bits per heavy atom. The predicted octanol–water partition coefficient (Wildman–Crippen LogP) is -0.290. The lowest BCUT2D eigenvalue weighted by Crippen LogP contribution is -2.64. The SMILES string of the molecule is CNCC(=O)N[C@@H]1[C@H](O)[C@H](O[C@H]2/C=C/C=C/C=C/C=C/C=C/C=C/C=C/[C@H](C)[C@@H](O)[C@@H](C)[C@H](C)OC(=O)C[C@H](O)C[C@H](O)CC[C@@H](O)[C@H](O)C[C@H](O)C[C@]3(O)C[C@H](O)[C@@H](C(=O)N4CCN(CCN(C)C)CC4)[C@H](C2)O3)O[C@H](C)[C@H]1O. The molecule has 4 aliphatic rings. The van der Waals surface area contributed by atoms with Crippen LogP contribution < -0.4 is 10.6 Å². The summed E-state index contributed by atoms with van der Waals surface area (Å²) in [5.41, 5.74) is 0. The Labute approximate surface area is 472 Å². The van der Waals surface area contributed by atoms with Gasteiger partial charge in [0.05, 0.1) is 86.0 Å². The molecule has 0 saturated carbocycles. The molecular weight excluding hydrogens is 1040 g/mol. The van der Waals surface area contributed by atoms with Gasteiger partial charge in [0.2, 0.25) is 11.8 Å². The van der Waals surface area contributed by atoms with Crippen molar-refractivity contribution in [3.63, 3.8) is 0 Å². The van der Waals surface area contributed by atoms with Crippen LogP contribution in [-0.2, 0) is 33.3 Å². The summed E-state index contributed by atoms with van der Waals surface area (Å²) < 4.78 is 24.4. The minimum Gasteiger partial charge on any atom is -0.462 e. The fourth-order valence-electron chi connectivity index (χ4n) is 10.2. The molecule has 0 aromatic carbocycles. The van der Waals surface area contributed by atoms with Crippen LogP contribution in [0.2, 0.25) is 0 Å². The number of likely N-dealkylation sites (N-methyl/N-ethyl adjacent to an activating group) is 2. The van der Waals surface area contributed by atoms with E-state index in [1.54, 1.807) is 75.3 Å². The van der Waals surface area contributed by atoms with Crippen LogP contribution in [0.25, 0.3) is 0 Å². The van der Waals surface area contributed by atoms with Crippen molar-refractivity contribution in [3.05, 3.63) is 85.1 Å². The number of rotatable bonds is 9. The van der Waals surface area contributed by atoms with Gasteiger partial charge in [0.1, 0.15) is 18.3 Å². The Balaban J connectivity index is 1.67. The summed E-state index contributed by atoms with van der Waals surface area (Å²) in [6, 6.07) is -1.22. The third kappa shape index (κ3) is 22.9. The van der Waals surface area contributed by atoms with Crippen LogP contribution >= 0.6 is 0 Å². The van der Waals surface area contributed by atoms with Gasteiger partial charge in [0.15, 0.2) is 12.1 Å². The first kappa shape index (κ1) is 68.4. The molecule has 4 heterocycles. The van der Waals surface area contributed by atoms with Crippen molar-refractivity contribution < 1.29 is 84.4 Å². The van der Waals surface area contributed by atoms with Crippen LogP contribution in [0.15, 0.2) is 85.1 Å². The number of hydrogen-bond donors (Lipinski definition) is 12. The van der Waals surface area contributed by atoms with Crippen LogP contribution in [-0.4, -0.2) is 248 Å². The summed E-state index contributed by atoms with van der Waals surface area (Å²) in [6.45, 7) is 10.1. The number of allylic oxidation sites excluding steroid dienone is 12. The molecule has 454 valence electrons. The van der Waals surface area contributed by atoms with Gasteiger partial charge in [-0.2, -0.15) is 0 Å². The highest BCUT2D eigenvalue weighted by molar-refractivity contribution is 5.80. The Kier molecular flexibility index (Phi) is 29.5. The van der Waals surface area contributed by atoms with E-state index in [1.165, 1.54) is 0 Å². The number of aliphatic hydroxyl groups excluding tert-OH is 9. The topological polar surface area (TPSA) is 324 Å². The fraction of sp³-hybridized carbons (Fsp3) is 0.707. The molecule has 22 nitrogen and oxygen atoms in total. The summed E-state index contributed by atoms with van der Waals surface area (Å²) in [7, 11) is 5.53. The van der Waals surface area contributed by atoms with Crippen molar-refractivity contribution in [1.29, 1.82) is 0 Å². The van der Waals surface area contributed by atoms with E-state index in [1.807, 2.05) is 63.6 Å². The zero-order valence-electron chi connectivity index (χ0n) is 47.8. The number of nitrogens with one attached hydrogen (secondary N) is 2. The smallest absolute Gasteiger partial charge is 0.308 e. The Hall–Kier alpha value is -4.05. The number of amides is 2. The number of esters is 1. The van der Waals surface area contributed by atoms with Gasteiger partial charge in [-0.25, -0.2) is 0 Å². The van der Waals surface area contributed by atoms with Gasteiger partial charge in [-0.3, -0.25) is 19.3 Å². The molecule has 0 spiro atoms. The van der Waals surface area contributed by atoms with E-state index >= 15 is 0 Å². The van der Waals surface area contributed by atoms with E-state index in [4.69, 9.17) is 18.9 Å². The van der Waals surface area contributed by atoms with Crippen LogP contribution in [0.3, 0.4) is 0 Å². The van der Waals surface area contributed by atoms with Crippen molar-refractivity contribution in [3.8, 4) is 0 Å². The first-order valence-corrected chi connectivity index (χ1v) is 28.2. The molecule has 2 bridgehead atoms. The van der Waals surface area contributed by atoms with Gasteiger partial charge >= 0.3 is 5.97 Å². The molecular formula is C58H95N5O17. The van der Waals surface area contributed by atoms with Crippen LogP contribution in [0.1, 0.15) is 79.1 Å². The van der Waals surface area contributed by atoms with Crippen molar-refractivity contribution in [2.24, 2.45) is 17.8 Å². The minimum absolute atomic E-state index is 0.103. The van der Waals surface area contributed by atoms with Crippen molar-refractivity contribution in [1.82, 2.24) is 25.3 Å². The summed E-state index contributed by atoms with van der Waals surface area (Å²) in [6.07, 6.45) is 4.06. The first-order valence-electron chi connectivity index (χ1n) is 28.2. The molecule has 3 saturated heterocycles. The third-order valence-corrected chi connectivity index (χ3v) is 15.2. The summed E-state index contributed by atoms with van der Waals surface area (Å²) in [5, 5.41) is 118. The van der Waals surface area contributed by atoms with Crippen LogP contribution in [0.5, 0.6) is 0 Å². The second kappa shape index (κ2) is 34.5. The van der Waals surface area contributed by atoms with E-state index in [0.717, 1.165) is 13.1 Å². The zero-order valence-corrected chi connectivity index (χ0v) is 47.8. The fourth-order valence-corrected chi connectivity index (χ4v) is 10.2. The van der Waals surface area contributed by atoms with E-state index in [0.29, 0.717) is 26.2 Å². The molecule has 12 N–H and O–H groups in total. The largest absolute Gasteiger partial charge is 0.462 e. The average Bonchev–Trinajstić information content (AvgIpc) is 3.45. The molecule has 0 aromatic rings. The highest BCUT2D eigenvalue weighted by Gasteiger charge is 2.52. The summed E-state index contributed by atoms with van der Waals surface area (Å²) >= 11 is 0. The molecule has 22 heteroatoms. The van der Waals surface area contributed by atoms with E-state index in [-0.39, 0.29) is 38.1 Å². The molecule has 2 amide bonds. The van der Waals surface area contributed by atoms with Gasteiger partial charge in [0, 0.05) is 76.8 Å². The summed E-state index contributed by atoms with van der Waals surface area (Å²) in [4.78, 5) is 46.1. The number of piperazine rings is 1. The van der Waals surface area contributed by atoms with E-state index in [2.05, 4.69) is 20.4 Å². The molecule has 4 aliphatic heterocycles. The molecule has 4 rings (SSSR count). The lowest BCUT2D eigenvalue weighted by Gasteiger charge is -2.47. The standard InChI is InChI=1S/C58H95N5O17/c1-37-20-18-16-14-12-10-8-9-11-13-15-17-19-21-44(79-57-55(74)52(54(73)40(4)78-57)60-49(70)36-59-5)33-48-51(56(75)63-28-26-62(27-29-63)25-24-61(6)7)47(69)35-58(76,80-48)34-43(66)31-46(68)45(67)23-22-41(64)30-42(65)32-50(71)77-39(3)38(2)53(37)72/h8-21,37-48,51-55,57,59,64-69,72-74,76H,22-36H2,1-7H3,(H,60,70)/b9-8+,12-10+,13-11+,16-14+,17-15+,20-18+,21-19+/t37-,38-,39-,40+,41+,42+,43-,44-,45+,46+,47-,48-,51+,52-,53+,54+,55-,57-,58+/m0/s1. The number of carbonyl (C=O) groups is 3. The predicted molar refractivity (Wildman–Crippen MR) is 299 cm³/mol. The molecule has 0 aliphatic carbocycles. The zero-order chi connectivity index (χ0) is 59.1. The lowest BCUT2D eigenvalue weighted by atomic mass is 9.81. The van der Waals surface area contributed by atoms with Gasteiger partial charge in [-0.1, -0.05) is 98.9 Å². The normalized spacial score (nSPS) is 40.6. The summed E-state index contributed by atoms with van der Waals surface area (Å²) in [5.74, 6) is -5.99. The maximum absolute atomic E-state index is 14.7. The van der Waals surface area contributed by atoms with Crippen molar-refractivity contribution in [2.75, 3.05) is 67.0 Å². The molecule has 3 fully saturated rings. The third-order valence-electron chi connectivity index (χ3n) is 15.2. The van der Waals surface area contributed by atoms with E-state index in [9.17, 15) is 65.4 Å². The van der Waals surface area contributed by atoms with Crippen molar-refractivity contribution in [2.45, 2.75) is 177 Å². The minimum atomic E-state index is -2.30. The van der Waals surface area contributed by atoms with E-state index < -0.39 is 153 Å². The van der Waals surface area contributed by atoms with Gasteiger partial charge in [-0.15, -0.1) is 0 Å². The van der Waals surface area contributed by atoms with Crippen LogP contribution in [0, 0.1) is 17.8 Å². The van der Waals surface area contributed by atoms with Gasteiger partial charge < -0.3 is 90.4 Å². The quantitative estimate of drug-likeness (QED) is 0.132. The highest BCUT2D eigenvalue weighted by Crippen LogP contribution is 2.39. The van der Waals surface area contributed by atoms with Gasteiger partial charge in [0.25, 0.3) is 0 Å². The molecule has 80 heavy (non-hydrogen) atoms. The monoisotopic (exact) mass is 1130 g/mol. The number of carbonyl (C=O) groups excluding carboxylic acids is 3. The van der Waals surface area contributed by atoms with Crippen molar-refractivity contribution >= 4 is 17.8 Å². The molecule has 0 radical (unpaired) electrons. The molecule has 19 atom stereocenters.